The Hall–Kier alpha value is -2.51. The zero-order valence-electron chi connectivity index (χ0n) is 17.4. The lowest BCUT2D eigenvalue weighted by molar-refractivity contribution is -0.121. The van der Waals surface area contributed by atoms with Crippen LogP contribution < -0.4 is 0 Å². The fraction of sp³-hybridized carbons (Fsp3) is 0.667. The maximum atomic E-state index is 12.8. The number of rotatable bonds is 1. The Balaban J connectivity index is 1.45. The SMILES string of the molecule is CC1=C2COC=C2CC(=O)C1N1CC2(CCN(C(=O)OC(C)(C)C)CC2)OC1=O. The van der Waals surface area contributed by atoms with Crippen molar-refractivity contribution in [3.8, 4) is 0 Å². The van der Waals surface area contributed by atoms with Crippen LogP contribution in [0.2, 0.25) is 0 Å². The van der Waals surface area contributed by atoms with Gasteiger partial charge in [-0.25, -0.2) is 9.59 Å². The molecule has 1 unspecified atom stereocenters. The normalized spacial score (nSPS) is 26.3. The van der Waals surface area contributed by atoms with E-state index in [9.17, 15) is 14.4 Å². The number of amides is 2. The van der Waals surface area contributed by atoms with Crippen molar-refractivity contribution in [1.82, 2.24) is 9.80 Å². The minimum absolute atomic E-state index is 0.0109. The molecule has 1 atom stereocenters. The standard InChI is InChI=1S/C21H28N2O6/c1-13-15-11-27-10-14(15)9-16(24)17(13)23-12-21(29-19(23)26)5-7-22(8-6-21)18(25)28-20(2,3)4/h10,17H,5-9,11-12H2,1-4H3. The van der Waals surface area contributed by atoms with E-state index in [1.165, 1.54) is 0 Å². The first-order chi connectivity index (χ1) is 13.6. The van der Waals surface area contributed by atoms with Crippen LogP contribution in [0.1, 0.15) is 47.0 Å². The second-order valence-corrected chi connectivity index (χ2v) is 9.31. The molecule has 158 valence electrons. The molecule has 8 nitrogen and oxygen atoms in total. The highest BCUT2D eigenvalue weighted by Crippen LogP contribution is 2.39. The van der Waals surface area contributed by atoms with Gasteiger partial charge < -0.3 is 19.1 Å². The zero-order chi connectivity index (χ0) is 21.0. The van der Waals surface area contributed by atoms with Gasteiger partial charge in [0.15, 0.2) is 5.78 Å². The van der Waals surface area contributed by atoms with Gasteiger partial charge in [0.25, 0.3) is 0 Å². The second kappa shape index (κ2) is 6.78. The number of ketones is 1. The Labute approximate surface area is 170 Å². The Morgan fingerprint density at radius 1 is 1.24 bits per heavy atom. The molecule has 0 saturated carbocycles. The van der Waals surface area contributed by atoms with Crippen molar-refractivity contribution in [2.24, 2.45) is 0 Å². The number of hydrogen-bond acceptors (Lipinski definition) is 6. The quantitative estimate of drug-likeness (QED) is 0.668. The van der Waals surface area contributed by atoms with Crippen molar-refractivity contribution in [2.45, 2.75) is 64.2 Å². The van der Waals surface area contributed by atoms with E-state index in [0.717, 1.165) is 16.7 Å². The molecule has 0 aromatic heterocycles. The smallest absolute Gasteiger partial charge is 0.411 e. The first kappa shape index (κ1) is 19.8. The van der Waals surface area contributed by atoms with E-state index in [4.69, 9.17) is 14.2 Å². The molecule has 0 N–H and O–H groups in total. The van der Waals surface area contributed by atoms with E-state index >= 15 is 0 Å². The first-order valence-electron chi connectivity index (χ1n) is 10.1. The lowest BCUT2D eigenvalue weighted by Gasteiger charge is -2.38. The van der Waals surface area contributed by atoms with Crippen LogP contribution in [0.5, 0.6) is 0 Å². The Morgan fingerprint density at radius 2 is 1.93 bits per heavy atom. The van der Waals surface area contributed by atoms with Gasteiger partial charge >= 0.3 is 12.2 Å². The molecule has 2 amide bonds. The van der Waals surface area contributed by atoms with Gasteiger partial charge in [-0.1, -0.05) is 0 Å². The average Bonchev–Trinajstić information content (AvgIpc) is 3.19. The summed E-state index contributed by atoms with van der Waals surface area (Å²) in [5.74, 6) is -0.0109. The highest BCUT2D eigenvalue weighted by molar-refractivity contribution is 5.95. The van der Waals surface area contributed by atoms with Gasteiger partial charge in [0.05, 0.1) is 12.8 Å². The number of carbonyl (C=O) groups is 3. The van der Waals surface area contributed by atoms with Crippen molar-refractivity contribution in [3.63, 3.8) is 0 Å². The van der Waals surface area contributed by atoms with Crippen LogP contribution in [0, 0.1) is 0 Å². The molecule has 4 aliphatic rings. The number of hydrogen-bond donors (Lipinski definition) is 0. The van der Waals surface area contributed by atoms with Crippen molar-refractivity contribution >= 4 is 18.0 Å². The summed E-state index contributed by atoms with van der Waals surface area (Å²) in [6, 6.07) is -0.598. The summed E-state index contributed by atoms with van der Waals surface area (Å²) in [5.41, 5.74) is 1.58. The maximum absolute atomic E-state index is 12.8. The van der Waals surface area contributed by atoms with Crippen LogP contribution in [-0.2, 0) is 19.0 Å². The van der Waals surface area contributed by atoms with E-state index in [2.05, 4.69) is 0 Å². The number of fused-ring (bicyclic) bond motifs is 1. The number of piperidine rings is 1. The molecule has 4 rings (SSSR count). The minimum Gasteiger partial charge on any atom is -0.496 e. The van der Waals surface area contributed by atoms with Gasteiger partial charge in [-0.05, 0) is 38.8 Å². The summed E-state index contributed by atoms with van der Waals surface area (Å²) in [4.78, 5) is 41.0. The number of ether oxygens (including phenoxy) is 3. The van der Waals surface area contributed by atoms with Crippen molar-refractivity contribution in [2.75, 3.05) is 26.2 Å². The Kier molecular flexibility index (Phi) is 4.63. The van der Waals surface area contributed by atoms with Crippen molar-refractivity contribution in [3.05, 3.63) is 23.0 Å². The van der Waals surface area contributed by atoms with E-state index < -0.39 is 23.3 Å². The van der Waals surface area contributed by atoms with Gasteiger partial charge in [0, 0.05) is 37.9 Å². The molecule has 0 bridgehead atoms. The van der Waals surface area contributed by atoms with Crippen molar-refractivity contribution in [1.29, 1.82) is 0 Å². The van der Waals surface area contributed by atoms with Crippen LogP contribution in [0.15, 0.2) is 23.0 Å². The van der Waals surface area contributed by atoms with E-state index in [0.29, 0.717) is 39.1 Å². The van der Waals surface area contributed by atoms with Gasteiger partial charge in [-0.3, -0.25) is 9.69 Å². The molecular weight excluding hydrogens is 376 g/mol. The molecule has 1 spiro atoms. The van der Waals surface area contributed by atoms with Crippen LogP contribution >= 0.6 is 0 Å². The van der Waals surface area contributed by atoms with E-state index in [-0.39, 0.29) is 18.3 Å². The number of nitrogens with zero attached hydrogens (tertiary/aromatic N) is 2. The second-order valence-electron chi connectivity index (χ2n) is 9.31. The lowest BCUT2D eigenvalue weighted by Crippen LogP contribution is -2.51. The Bertz CT molecular complexity index is 814. The lowest BCUT2D eigenvalue weighted by atomic mass is 9.83. The summed E-state index contributed by atoms with van der Waals surface area (Å²) in [7, 11) is 0. The van der Waals surface area contributed by atoms with Gasteiger partial charge in [0.2, 0.25) is 0 Å². The highest BCUT2D eigenvalue weighted by Gasteiger charge is 2.52. The molecule has 2 saturated heterocycles. The number of Topliss-reactive ketones (excluding diaryl/α,β-unsaturated/α-hetero) is 1. The third-order valence-corrected chi connectivity index (χ3v) is 6.03. The fourth-order valence-electron chi connectivity index (χ4n) is 4.53. The van der Waals surface area contributed by atoms with Gasteiger partial charge in [-0.2, -0.15) is 0 Å². The minimum atomic E-state index is -0.664. The average molecular weight is 404 g/mol. The third kappa shape index (κ3) is 3.60. The van der Waals surface area contributed by atoms with Crippen molar-refractivity contribution < 1.29 is 28.6 Å². The largest absolute Gasteiger partial charge is 0.496 e. The van der Waals surface area contributed by atoms with E-state index in [1.807, 2.05) is 27.7 Å². The predicted molar refractivity (Wildman–Crippen MR) is 103 cm³/mol. The topological polar surface area (TPSA) is 85.4 Å². The van der Waals surface area contributed by atoms with E-state index in [1.54, 1.807) is 16.1 Å². The number of carbonyl (C=O) groups excluding carboxylic acids is 3. The maximum Gasteiger partial charge on any atom is 0.411 e. The molecule has 8 heteroatoms. The molecule has 2 fully saturated rings. The molecule has 29 heavy (non-hydrogen) atoms. The highest BCUT2D eigenvalue weighted by atomic mass is 16.6. The van der Waals surface area contributed by atoms with Crippen LogP contribution in [0.4, 0.5) is 9.59 Å². The van der Waals surface area contributed by atoms with Gasteiger partial charge in [0.1, 0.15) is 23.9 Å². The number of likely N-dealkylation sites (tertiary alicyclic amines) is 1. The third-order valence-electron chi connectivity index (χ3n) is 6.03. The summed E-state index contributed by atoms with van der Waals surface area (Å²) in [6.45, 7) is 9.11. The molecule has 0 aromatic rings. The fourth-order valence-corrected chi connectivity index (χ4v) is 4.53. The van der Waals surface area contributed by atoms with Crippen LogP contribution in [0.25, 0.3) is 0 Å². The Morgan fingerprint density at radius 3 is 2.59 bits per heavy atom. The summed E-state index contributed by atoms with van der Waals surface area (Å²) < 4.78 is 16.6. The molecule has 3 heterocycles. The first-order valence-corrected chi connectivity index (χ1v) is 10.1. The van der Waals surface area contributed by atoms with Gasteiger partial charge in [-0.15, -0.1) is 0 Å². The molecule has 1 aliphatic carbocycles. The molecule has 0 aromatic carbocycles. The molecular formula is C21H28N2O6. The zero-order valence-corrected chi connectivity index (χ0v) is 17.4. The molecule has 0 radical (unpaired) electrons. The van der Waals surface area contributed by atoms with Crippen LogP contribution in [0.3, 0.4) is 0 Å². The monoisotopic (exact) mass is 404 g/mol. The van der Waals surface area contributed by atoms with Crippen LogP contribution in [-0.4, -0.2) is 71.3 Å². The summed E-state index contributed by atoms with van der Waals surface area (Å²) in [6.07, 6.45) is 2.17. The molecule has 3 aliphatic heterocycles. The summed E-state index contributed by atoms with van der Waals surface area (Å²) in [5, 5.41) is 0. The predicted octanol–water partition coefficient (Wildman–Crippen LogP) is 2.78. The summed E-state index contributed by atoms with van der Waals surface area (Å²) >= 11 is 0.